The van der Waals surface area contributed by atoms with E-state index >= 15 is 0 Å². The van der Waals surface area contributed by atoms with E-state index in [-0.39, 0.29) is 35.8 Å². The number of carbonyl (C=O) groups excluding carboxylic acids is 1. The van der Waals surface area contributed by atoms with Gasteiger partial charge in [0.1, 0.15) is 0 Å². The number of rotatable bonds is 6. The van der Waals surface area contributed by atoms with Gasteiger partial charge in [-0.15, -0.1) is 35.3 Å². The van der Waals surface area contributed by atoms with Gasteiger partial charge >= 0.3 is 0 Å². The Bertz CT molecular complexity index is 514. The van der Waals surface area contributed by atoms with Crippen LogP contribution in [-0.2, 0) is 4.79 Å². The zero-order chi connectivity index (χ0) is 16.7. The predicted octanol–water partition coefficient (Wildman–Crippen LogP) is 1.36. The number of hydrogen-bond donors (Lipinski definition) is 2. The molecule has 1 aromatic rings. The molecule has 1 aliphatic heterocycles. The molecule has 0 atom stereocenters. The van der Waals surface area contributed by atoms with E-state index < -0.39 is 0 Å². The van der Waals surface area contributed by atoms with Gasteiger partial charge in [-0.3, -0.25) is 9.79 Å². The van der Waals surface area contributed by atoms with Gasteiger partial charge in [0.05, 0.1) is 0 Å². The number of aromatic nitrogens is 1. The summed E-state index contributed by atoms with van der Waals surface area (Å²) in [6.07, 6.45) is 2.64. The lowest BCUT2D eigenvalue weighted by Crippen LogP contribution is -2.51. The van der Waals surface area contributed by atoms with Gasteiger partial charge in [-0.2, -0.15) is 0 Å². The molecule has 1 fully saturated rings. The highest BCUT2D eigenvalue weighted by Crippen LogP contribution is 2.18. The number of hydrogen-bond acceptors (Lipinski definition) is 5. The molecular weight excluding hydrogens is 439 g/mol. The summed E-state index contributed by atoms with van der Waals surface area (Å²) in [7, 11) is 0. The Kier molecular flexibility index (Phi) is 9.34. The molecule has 1 saturated heterocycles. The van der Waals surface area contributed by atoms with Gasteiger partial charge in [-0.1, -0.05) is 13.8 Å². The summed E-state index contributed by atoms with van der Waals surface area (Å²) in [6.45, 7) is 8.59. The van der Waals surface area contributed by atoms with Crippen molar-refractivity contribution in [1.82, 2.24) is 15.2 Å². The van der Waals surface area contributed by atoms with E-state index in [1.165, 1.54) is 0 Å². The molecule has 24 heavy (non-hydrogen) atoms. The number of anilines is 1. The van der Waals surface area contributed by atoms with Gasteiger partial charge in [-0.25, -0.2) is 4.98 Å². The first-order valence-corrected chi connectivity index (χ1v) is 8.93. The average molecular weight is 466 g/mol. The maximum Gasteiger partial charge on any atom is 0.222 e. The summed E-state index contributed by atoms with van der Waals surface area (Å²) in [5.41, 5.74) is 6.06. The van der Waals surface area contributed by atoms with Crippen LogP contribution in [0, 0.1) is 5.92 Å². The minimum Gasteiger partial charge on any atom is -0.370 e. The average Bonchev–Trinajstić information content (AvgIpc) is 3.08. The van der Waals surface area contributed by atoms with Crippen molar-refractivity contribution in [2.45, 2.75) is 20.3 Å². The topological polar surface area (TPSA) is 86.8 Å². The minimum atomic E-state index is 0. The van der Waals surface area contributed by atoms with Crippen LogP contribution in [0.5, 0.6) is 0 Å². The fourth-order valence-corrected chi connectivity index (χ4v) is 2.98. The second-order valence-electron chi connectivity index (χ2n) is 5.83. The van der Waals surface area contributed by atoms with Crippen molar-refractivity contribution in [3.05, 3.63) is 11.6 Å². The summed E-state index contributed by atoms with van der Waals surface area (Å²) in [6, 6.07) is 0. The van der Waals surface area contributed by atoms with Crippen LogP contribution < -0.4 is 16.0 Å². The van der Waals surface area contributed by atoms with Crippen LogP contribution >= 0.6 is 35.3 Å². The van der Waals surface area contributed by atoms with Crippen molar-refractivity contribution < 1.29 is 4.79 Å². The van der Waals surface area contributed by atoms with E-state index in [0.717, 1.165) is 37.7 Å². The van der Waals surface area contributed by atoms with Crippen LogP contribution in [0.15, 0.2) is 16.6 Å². The van der Waals surface area contributed by atoms with Crippen molar-refractivity contribution in [3.8, 4) is 0 Å². The zero-order valence-electron chi connectivity index (χ0n) is 14.3. The van der Waals surface area contributed by atoms with E-state index in [0.29, 0.717) is 19.0 Å². The van der Waals surface area contributed by atoms with Crippen molar-refractivity contribution in [2.75, 3.05) is 44.2 Å². The van der Waals surface area contributed by atoms with Crippen LogP contribution in [0.1, 0.15) is 20.3 Å². The Morgan fingerprint density at radius 1 is 1.42 bits per heavy atom. The molecule has 0 unspecified atom stereocenters. The largest absolute Gasteiger partial charge is 0.370 e. The molecule has 0 radical (unpaired) electrons. The fourth-order valence-electron chi connectivity index (χ4n) is 2.29. The van der Waals surface area contributed by atoms with Gasteiger partial charge in [0.15, 0.2) is 11.1 Å². The molecule has 9 heteroatoms. The number of aliphatic imine (C=N–C) groups is 1. The molecule has 0 aromatic carbocycles. The molecule has 7 nitrogen and oxygen atoms in total. The van der Waals surface area contributed by atoms with Crippen molar-refractivity contribution in [3.63, 3.8) is 0 Å². The lowest BCUT2D eigenvalue weighted by molar-refractivity contribution is -0.123. The van der Waals surface area contributed by atoms with E-state index in [9.17, 15) is 4.79 Å². The molecule has 0 aliphatic carbocycles. The normalized spacial score (nSPS) is 15.4. The number of carbonyl (C=O) groups is 1. The highest BCUT2D eigenvalue weighted by Gasteiger charge is 2.19. The first-order valence-electron chi connectivity index (χ1n) is 8.05. The third kappa shape index (κ3) is 6.42. The van der Waals surface area contributed by atoms with Crippen LogP contribution in [0.3, 0.4) is 0 Å². The predicted molar refractivity (Wildman–Crippen MR) is 110 cm³/mol. The van der Waals surface area contributed by atoms with Crippen LogP contribution in [-0.4, -0.2) is 61.0 Å². The van der Waals surface area contributed by atoms with Crippen LogP contribution in [0.4, 0.5) is 5.13 Å². The molecule has 1 aromatic heterocycles. The molecule has 136 valence electrons. The standard InChI is InChI=1S/C15H26N6OS.HI/c1-12(2)13(22)17-4-3-5-18-14(16)20-7-9-21(10-8-20)15-19-6-11-23-15;/h6,11-12H,3-5,7-10H2,1-2H3,(H2,16,18)(H,17,22);1H. The summed E-state index contributed by atoms with van der Waals surface area (Å²) in [5, 5.41) is 5.95. The van der Waals surface area contributed by atoms with Gasteiger partial charge in [0.2, 0.25) is 5.91 Å². The Labute approximate surface area is 164 Å². The number of guanidine groups is 1. The molecule has 3 N–H and O–H groups in total. The lowest BCUT2D eigenvalue weighted by atomic mass is 10.2. The van der Waals surface area contributed by atoms with E-state index in [1.807, 2.05) is 25.4 Å². The SMILES string of the molecule is CC(C)C(=O)NCCCN=C(N)N1CCN(c2nccs2)CC1.I. The van der Waals surface area contributed by atoms with Crippen molar-refractivity contribution >= 4 is 52.3 Å². The Balaban J connectivity index is 0.00000288. The third-order valence-electron chi connectivity index (χ3n) is 3.73. The maximum atomic E-state index is 11.4. The Morgan fingerprint density at radius 2 is 2.12 bits per heavy atom. The quantitative estimate of drug-likeness (QED) is 0.286. The molecule has 2 heterocycles. The Hall–Kier alpha value is -1.10. The number of piperazine rings is 1. The fraction of sp³-hybridized carbons (Fsp3) is 0.667. The van der Waals surface area contributed by atoms with Gasteiger partial charge in [-0.05, 0) is 6.42 Å². The molecule has 0 saturated carbocycles. The first kappa shape index (κ1) is 20.9. The lowest BCUT2D eigenvalue weighted by Gasteiger charge is -2.35. The van der Waals surface area contributed by atoms with Gasteiger partial charge < -0.3 is 20.9 Å². The number of nitrogens with zero attached hydrogens (tertiary/aromatic N) is 4. The summed E-state index contributed by atoms with van der Waals surface area (Å²) < 4.78 is 0. The molecule has 2 rings (SSSR count). The van der Waals surface area contributed by atoms with E-state index in [4.69, 9.17) is 5.73 Å². The molecule has 1 aliphatic rings. The van der Waals surface area contributed by atoms with Gasteiger partial charge in [0.25, 0.3) is 0 Å². The second-order valence-corrected chi connectivity index (χ2v) is 6.70. The van der Waals surface area contributed by atoms with Gasteiger partial charge in [0, 0.05) is 56.8 Å². The first-order chi connectivity index (χ1) is 11.1. The summed E-state index contributed by atoms with van der Waals surface area (Å²) >= 11 is 1.66. The summed E-state index contributed by atoms with van der Waals surface area (Å²) in [5.74, 6) is 0.705. The maximum absolute atomic E-state index is 11.4. The minimum absolute atomic E-state index is 0. The van der Waals surface area contributed by atoms with E-state index in [1.54, 1.807) is 11.3 Å². The van der Waals surface area contributed by atoms with Crippen molar-refractivity contribution in [1.29, 1.82) is 0 Å². The van der Waals surface area contributed by atoms with E-state index in [2.05, 4.69) is 25.1 Å². The monoisotopic (exact) mass is 466 g/mol. The molecule has 0 bridgehead atoms. The number of nitrogens with one attached hydrogen (secondary N) is 1. The number of thiazole rings is 1. The number of nitrogens with two attached hydrogens (primary N) is 1. The summed E-state index contributed by atoms with van der Waals surface area (Å²) in [4.78, 5) is 24.6. The molecular formula is C15H27IN6OS. The Morgan fingerprint density at radius 3 is 2.71 bits per heavy atom. The smallest absolute Gasteiger partial charge is 0.222 e. The number of amides is 1. The number of halogens is 1. The zero-order valence-corrected chi connectivity index (χ0v) is 17.4. The second kappa shape index (κ2) is 10.7. The third-order valence-corrected chi connectivity index (χ3v) is 4.56. The highest BCUT2D eigenvalue weighted by atomic mass is 127. The van der Waals surface area contributed by atoms with Crippen LogP contribution in [0.2, 0.25) is 0 Å². The highest BCUT2D eigenvalue weighted by molar-refractivity contribution is 14.0. The van der Waals surface area contributed by atoms with Crippen LogP contribution in [0.25, 0.3) is 0 Å². The molecule has 0 spiro atoms. The molecule has 1 amide bonds. The van der Waals surface area contributed by atoms with Crippen molar-refractivity contribution in [2.24, 2.45) is 16.6 Å².